The zero-order valence-corrected chi connectivity index (χ0v) is 34.9. The molecule has 0 radical (unpaired) electrons. The van der Waals surface area contributed by atoms with Crippen molar-refractivity contribution in [1.29, 1.82) is 0 Å². The van der Waals surface area contributed by atoms with E-state index in [4.69, 9.17) is 23.2 Å². The van der Waals surface area contributed by atoms with Gasteiger partial charge < -0.3 is 20.9 Å². The van der Waals surface area contributed by atoms with Crippen LogP contribution in [0.5, 0.6) is 0 Å². The van der Waals surface area contributed by atoms with Crippen molar-refractivity contribution in [3.8, 4) is 11.8 Å². The average Bonchev–Trinajstić information content (AvgIpc) is 3.85. The third-order valence-corrected chi connectivity index (χ3v) is 13.6. The van der Waals surface area contributed by atoms with E-state index >= 15 is 4.39 Å². The van der Waals surface area contributed by atoms with Crippen molar-refractivity contribution < 1.29 is 33.2 Å². The van der Waals surface area contributed by atoms with Crippen molar-refractivity contribution in [3.05, 3.63) is 128 Å². The average molecular weight is 876 g/mol. The lowest BCUT2D eigenvalue weighted by Crippen LogP contribution is -2.60. The summed E-state index contributed by atoms with van der Waals surface area (Å²) in [5.41, 5.74) is 1.66. The van der Waals surface area contributed by atoms with Gasteiger partial charge in [-0.3, -0.25) is 39.4 Å². The topological polar surface area (TPSA) is 166 Å². The molecule has 3 fully saturated rings. The van der Waals surface area contributed by atoms with Crippen LogP contribution in [0.4, 0.5) is 15.8 Å². The summed E-state index contributed by atoms with van der Waals surface area (Å²) < 4.78 is 16.2. The molecule has 0 aromatic heterocycles. The molecule has 4 aromatic rings. The summed E-state index contributed by atoms with van der Waals surface area (Å²) in [5, 5.41) is 15.1. The Morgan fingerprint density at radius 1 is 0.919 bits per heavy atom. The zero-order valence-electron chi connectivity index (χ0n) is 33.3. The molecule has 4 aliphatic heterocycles. The molecule has 0 bridgehead atoms. The van der Waals surface area contributed by atoms with Crippen LogP contribution in [0.3, 0.4) is 0 Å². The van der Waals surface area contributed by atoms with Gasteiger partial charge in [0.1, 0.15) is 17.3 Å². The Kier molecular flexibility index (Phi) is 10.9. The van der Waals surface area contributed by atoms with E-state index in [1.54, 1.807) is 72.8 Å². The van der Waals surface area contributed by atoms with Crippen molar-refractivity contribution in [1.82, 2.24) is 20.9 Å². The van der Waals surface area contributed by atoms with E-state index < -0.39 is 46.6 Å². The highest BCUT2D eigenvalue weighted by atomic mass is 35.5. The van der Waals surface area contributed by atoms with E-state index in [1.807, 2.05) is 0 Å². The van der Waals surface area contributed by atoms with E-state index in [0.717, 1.165) is 24.8 Å². The van der Waals surface area contributed by atoms with Gasteiger partial charge in [-0.1, -0.05) is 78.6 Å². The number of nitrogens with zero attached hydrogens (tertiary/aromatic N) is 1. The molecule has 6 amide bonds. The second-order valence-corrected chi connectivity index (χ2v) is 17.3. The van der Waals surface area contributed by atoms with Crippen molar-refractivity contribution >= 4 is 70.0 Å². The van der Waals surface area contributed by atoms with E-state index in [0.29, 0.717) is 57.9 Å². The van der Waals surface area contributed by atoms with E-state index in [-0.39, 0.29) is 60.1 Å². The maximum atomic E-state index is 16.2. The highest BCUT2D eigenvalue weighted by Crippen LogP contribution is 2.63. The second-order valence-electron chi connectivity index (χ2n) is 16.4. The van der Waals surface area contributed by atoms with Gasteiger partial charge in [-0.15, -0.1) is 0 Å². The van der Waals surface area contributed by atoms with Gasteiger partial charge in [0.05, 0.1) is 11.1 Å². The molecule has 15 heteroatoms. The first-order chi connectivity index (χ1) is 29.9. The van der Waals surface area contributed by atoms with Gasteiger partial charge in [0, 0.05) is 70.5 Å². The van der Waals surface area contributed by atoms with Crippen LogP contribution in [0.25, 0.3) is 0 Å². The van der Waals surface area contributed by atoms with Gasteiger partial charge in [-0.2, -0.15) is 0 Å². The van der Waals surface area contributed by atoms with Crippen molar-refractivity contribution in [3.63, 3.8) is 0 Å². The number of carbonyl (C=O) groups is 6. The smallest absolute Gasteiger partial charge is 0.255 e. The highest BCUT2D eigenvalue weighted by molar-refractivity contribution is 6.31. The highest BCUT2D eigenvalue weighted by Gasteiger charge is 2.72. The minimum atomic E-state index is -1.37. The Labute approximate surface area is 366 Å². The van der Waals surface area contributed by atoms with Crippen LogP contribution in [0.1, 0.15) is 100 Å². The Hall–Kier alpha value is -6.07. The minimum absolute atomic E-state index is 0.116. The molecule has 9 rings (SSSR count). The number of nitrogens with one attached hydrogen (secondary N) is 5. The summed E-state index contributed by atoms with van der Waals surface area (Å²) in [6, 6.07) is 19.7. The number of benzene rings is 4. The number of fused-ring (bicyclic) bond motifs is 4. The fraction of sp³-hybridized carbons (Fsp3) is 0.319. The molecule has 2 saturated heterocycles. The van der Waals surface area contributed by atoms with E-state index in [9.17, 15) is 28.8 Å². The molecule has 4 heterocycles. The number of amides is 6. The van der Waals surface area contributed by atoms with Gasteiger partial charge >= 0.3 is 0 Å². The monoisotopic (exact) mass is 874 g/mol. The molecule has 4 atom stereocenters. The van der Waals surface area contributed by atoms with Crippen LogP contribution >= 0.6 is 23.2 Å². The number of hydrogen-bond donors (Lipinski definition) is 5. The van der Waals surface area contributed by atoms with Crippen LogP contribution in [-0.2, 0) is 31.1 Å². The maximum absolute atomic E-state index is 16.2. The normalized spacial score (nSPS) is 23.3. The summed E-state index contributed by atoms with van der Waals surface area (Å²) >= 11 is 12.8. The molecule has 1 saturated carbocycles. The fourth-order valence-electron chi connectivity index (χ4n) is 10.3. The first-order valence-corrected chi connectivity index (χ1v) is 21.4. The third kappa shape index (κ3) is 6.90. The first kappa shape index (κ1) is 41.3. The van der Waals surface area contributed by atoms with Crippen LogP contribution in [-0.4, -0.2) is 64.5 Å². The van der Waals surface area contributed by atoms with Crippen LogP contribution in [0, 0.1) is 17.7 Å². The molecule has 1 aliphatic carbocycles. The second kappa shape index (κ2) is 16.3. The van der Waals surface area contributed by atoms with Crippen molar-refractivity contribution in [2.24, 2.45) is 0 Å². The van der Waals surface area contributed by atoms with E-state index in [1.165, 1.54) is 11.0 Å². The van der Waals surface area contributed by atoms with Gasteiger partial charge in [0.15, 0.2) is 0 Å². The maximum Gasteiger partial charge on any atom is 0.255 e. The molecule has 2 spiro atoms. The molecular formula is C47H41Cl2FN6O6. The summed E-state index contributed by atoms with van der Waals surface area (Å²) in [6.45, 7) is 0.446. The van der Waals surface area contributed by atoms with Crippen LogP contribution in [0.15, 0.2) is 78.9 Å². The number of carbonyl (C=O) groups excluding carboxylic acids is 6. The molecule has 62 heavy (non-hydrogen) atoms. The number of halogens is 3. The first-order valence-electron chi connectivity index (χ1n) is 20.7. The summed E-state index contributed by atoms with van der Waals surface area (Å²) in [4.78, 5) is 81.0. The number of rotatable bonds is 7. The third-order valence-electron chi connectivity index (χ3n) is 13.1. The van der Waals surface area contributed by atoms with Gasteiger partial charge in [-0.25, -0.2) is 4.39 Å². The summed E-state index contributed by atoms with van der Waals surface area (Å²) in [5.74, 6) is 2.21. The lowest BCUT2D eigenvalue weighted by molar-refractivity contribution is -0.137. The largest absolute Gasteiger partial charge is 0.351 e. The predicted octanol–water partition coefficient (Wildman–Crippen LogP) is 6.35. The Morgan fingerprint density at radius 2 is 1.69 bits per heavy atom. The molecule has 4 unspecified atom stereocenters. The number of piperidine rings is 1. The SMILES string of the molecule is O=C1CCC(N2Cc3c(C#CCCNC(=O)c4ccc(NC(=O)C5NC6(CCCCC6)C6(C(=O)Nc7cc(Cl)ccc76)C5c5cccc(Cl)c5F)cc4)cccc3C2=O)C(=O)N1. The molecule has 5 N–H and O–H groups in total. The van der Waals surface area contributed by atoms with Crippen molar-refractivity contribution in [2.75, 3.05) is 17.2 Å². The quantitative estimate of drug-likeness (QED) is 0.0820. The van der Waals surface area contributed by atoms with E-state index in [2.05, 4.69) is 38.4 Å². The van der Waals surface area contributed by atoms with Crippen LogP contribution in [0.2, 0.25) is 10.0 Å². The zero-order chi connectivity index (χ0) is 43.3. The van der Waals surface area contributed by atoms with Crippen molar-refractivity contribution in [2.45, 2.75) is 86.9 Å². The van der Waals surface area contributed by atoms with Crippen LogP contribution < -0.4 is 26.6 Å². The lowest BCUT2D eigenvalue weighted by atomic mass is 9.55. The molecule has 316 valence electrons. The Morgan fingerprint density at radius 3 is 2.47 bits per heavy atom. The van der Waals surface area contributed by atoms with Gasteiger partial charge in [0.25, 0.3) is 11.8 Å². The van der Waals surface area contributed by atoms with Gasteiger partial charge in [-0.05, 0) is 90.6 Å². The fourth-order valence-corrected chi connectivity index (χ4v) is 10.7. The molecule has 4 aromatic carbocycles. The summed E-state index contributed by atoms with van der Waals surface area (Å²) in [7, 11) is 0. The molecule has 12 nitrogen and oxygen atoms in total. The number of hydrogen-bond acceptors (Lipinski definition) is 7. The molecule has 5 aliphatic rings. The number of anilines is 2. The Balaban J connectivity index is 0.887. The standard InChI is InChI=1S/C47H41Cl2FN6O6/c48-28-15-18-33-35(24-28)53-45(62)47(33)38(31-11-7-12-34(49)39(31)50)40(55-46(47)21-3-1-4-22-46)43(60)52-29-16-13-27(14-17-29)41(58)51-23-5-2-8-26-9-6-10-30-32(26)25-56(44(30)61)36-19-20-37(57)54-42(36)59/h6-7,9-18,24,36,38,40,55H,1,3-5,19-23,25H2,(H,51,58)(H,52,60)(H,53,62)(H,54,57,59). The van der Waals surface area contributed by atoms with Gasteiger partial charge in [0.2, 0.25) is 23.6 Å². The predicted molar refractivity (Wildman–Crippen MR) is 230 cm³/mol. The Bertz CT molecular complexity index is 2640. The number of imide groups is 1. The summed E-state index contributed by atoms with van der Waals surface area (Å²) in [6.07, 6.45) is 4.50. The minimum Gasteiger partial charge on any atom is -0.351 e. The lowest BCUT2D eigenvalue weighted by Gasteiger charge is -2.47. The molecular weight excluding hydrogens is 834 g/mol.